The summed E-state index contributed by atoms with van der Waals surface area (Å²) in [4.78, 5) is 17.5. The van der Waals surface area contributed by atoms with E-state index < -0.39 is 0 Å². The number of hydrogen-bond donors (Lipinski definition) is 1. The smallest absolute Gasteiger partial charge is 0.262 e. The fourth-order valence-electron chi connectivity index (χ4n) is 3.28. The fraction of sp³-hybridized carbons (Fsp3) is 0.174. The minimum Gasteiger partial charge on any atom is -0.493 e. The Hall–Kier alpha value is -2.87. The molecule has 0 aliphatic heterocycles. The molecule has 0 unspecified atom stereocenters. The van der Waals surface area contributed by atoms with E-state index in [1.54, 1.807) is 17.7 Å². The molecular weight excluding hydrogens is 467 g/mol. The van der Waals surface area contributed by atoms with Crippen molar-refractivity contribution in [2.75, 3.05) is 11.9 Å². The van der Waals surface area contributed by atoms with Crippen molar-refractivity contribution in [1.29, 1.82) is 0 Å². The Bertz CT molecular complexity index is 1270. The Labute approximate surface area is 199 Å². The van der Waals surface area contributed by atoms with Crippen molar-refractivity contribution in [3.8, 4) is 17.0 Å². The number of carbonyl (C=O) groups excluding carboxylic acids is 1. The normalized spacial score (nSPS) is 10.9. The fourth-order valence-corrected chi connectivity index (χ4v) is 4.50. The van der Waals surface area contributed by atoms with Gasteiger partial charge in [-0.25, -0.2) is 9.67 Å². The van der Waals surface area contributed by atoms with Gasteiger partial charge in [-0.1, -0.05) is 53.5 Å². The first-order chi connectivity index (χ1) is 15.5. The number of hydrogen-bond acceptors (Lipinski definition) is 5. The third-order valence-corrected chi connectivity index (χ3v) is 6.27. The van der Waals surface area contributed by atoms with Crippen molar-refractivity contribution in [2.24, 2.45) is 0 Å². The van der Waals surface area contributed by atoms with E-state index in [2.05, 4.69) is 15.4 Å². The zero-order chi connectivity index (χ0) is 22.7. The second-order valence-corrected chi connectivity index (χ2v) is 8.54. The number of nitrogens with zero attached hydrogens (tertiary/aromatic N) is 3. The van der Waals surface area contributed by atoms with Crippen LogP contribution in [0.3, 0.4) is 0 Å². The molecule has 0 spiro atoms. The average Bonchev–Trinajstić information content (AvgIpc) is 3.34. The zero-order valence-electron chi connectivity index (χ0n) is 17.4. The van der Waals surface area contributed by atoms with Gasteiger partial charge in [0.2, 0.25) is 0 Å². The van der Waals surface area contributed by atoms with Crippen molar-refractivity contribution in [1.82, 2.24) is 14.8 Å². The molecule has 0 saturated heterocycles. The minimum atomic E-state index is -0.364. The Morgan fingerprint density at radius 1 is 1.16 bits per heavy atom. The maximum Gasteiger partial charge on any atom is 0.262 e. The van der Waals surface area contributed by atoms with Gasteiger partial charge < -0.3 is 4.74 Å². The number of aromatic nitrogens is 3. The predicted octanol–water partition coefficient (Wildman–Crippen LogP) is 6.32. The summed E-state index contributed by atoms with van der Waals surface area (Å²) in [6.45, 7) is 4.60. The van der Waals surface area contributed by atoms with E-state index >= 15 is 0 Å². The van der Waals surface area contributed by atoms with E-state index in [1.165, 1.54) is 11.3 Å². The molecule has 1 N–H and O–H groups in total. The SMILES string of the molecule is CCOc1ccccc1-c1csc(NC(=O)c2c(C)nn(Cc3ccccc3Cl)c2Cl)n1. The van der Waals surface area contributed by atoms with Crippen LogP contribution < -0.4 is 10.1 Å². The molecular formula is C23H20Cl2N4O2S. The summed E-state index contributed by atoms with van der Waals surface area (Å²) >= 11 is 14.1. The molecule has 9 heteroatoms. The van der Waals surface area contributed by atoms with Gasteiger partial charge >= 0.3 is 0 Å². The highest BCUT2D eigenvalue weighted by atomic mass is 35.5. The molecule has 0 aliphatic rings. The van der Waals surface area contributed by atoms with E-state index in [1.807, 2.05) is 54.8 Å². The number of nitrogens with one attached hydrogen (secondary N) is 1. The second-order valence-electron chi connectivity index (χ2n) is 6.92. The van der Waals surface area contributed by atoms with Gasteiger partial charge in [-0.05, 0) is 37.6 Å². The number of ether oxygens (including phenoxy) is 1. The van der Waals surface area contributed by atoms with Crippen LogP contribution in [0.25, 0.3) is 11.3 Å². The van der Waals surface area contributed by atoms with E-state index in [0.717, 1.165) is 22.6 Å². The number of anilines is 1. The van der Waals surface area contributed by atoms with Crippen molar-refractivity contribution in [3.63, 3.8) is 0 Å². The lowest BCUT2D eigenvalue weighted by Gasteiger charge is -2.07. The highest BCUT2D eigenvalue weighted by Crippen LogP contribution is 2.32. The molecule has 4 aromatic rings. The molecule has 0 bridgehead atoms. The first kappa shape index (κ1) is 22.3. The lowest BCUT2D eigenvalue weighted by molar-refractivity contribution is 0.102. The molecule has 2 aromatic heterocycles. The average molecular weight is 487 g/mol. The molecule has 0 aliphatic carbocycles. The van der Waals surface area contributed by atoms with Gasteiger partial charge in [-0.15, -0.1) is 11.3 Å². The Morgan fingerprint density at radius 2 is 1.91 bits per heavy atom. The maximum atomic E-state index is 13.0. The first-order valence-electron chi connectivity index (χ1n) is 9.93. The van der Waals surface area contributed by atoms with Crippen LogP contribution in [-0.2, 0) is 6.54 Å². The molecule has 164 valence electrons. The third-order valence-electron chi connectivity index (χ3n) is 4.76. The number of aryl methyl sites for hydroxylation is 1. The molecule has 2 aromatic carbocycles. The third kappa shape index (κ3) is 4.65. The zero-order valence-corrected chi connectivity index (χ0v) is 19.8. The molecule has 0 fully saturated rings. The number of halogens is 2. The Balaban J connectivity index is 1.54. The van der Waals surface area contributed by atoms with Crippen LogP contribution in [-0.4, -0.2) is 27.3 Å². The van der Waals surface area contributed by atoms with Gasteiger partial charge in [0.1, 0.15) is 10.9 Å². The van der Waals surface area contributed by atoms with Crippen LogP contribution in [0.5, 0.6) is 5.75 Å². The highest BCUT2D eigenvalue weighted by Gasteiger charge is 2.22. The van der Waals surface area contributed by atoms with Crippen molar-refractivity contribution < 1.29 is 9.53 Å². The number of para-hydroxylation sites is 1. The summed E-state index contributed by atoms with van der Waals surface area (Å²) in [5.41, 5.74) is 3.30. The summed E-state index contributed by atoms with van der Waals surface area (Å²) in [5.74, 6) is 0.384. The number of carbonyl (C=O) groups is 1. The summed E-state index contributed by atoms with van der Waals surface area (Å²) in [6.07, 6.45) is 0. The largest absolute Gasteiger partial charge is 0.493 e. The number of thiazole rings is 1. The summed E-state index contributed by atoms with van der Waals surface area (Å²) in [6, 6.07) is 15.1. The summed E-state index contributed by atoms with van der Waals surface area (Å²) in [5, 5.41) is 10.5. The van der Waals surface area contributed by atoms with Crippen LogP contribution in [0.2, 0.25) is 10.2 Å². The number of amides is 1. The van der Waals surface area contributed by atoms with E-state index in [0.29, 0.717) is 34.6 Å². The van der Waals surface area contributed by atoms with Gasteiger partial charge in [0.05, 0.1) is 30.1 Å². The van der Waals surface area contributed by atoms with Gasteiger partial charge in [0.25, 0.3) is 5.91 Å². The highest BCUT2D eigenvalue weighted by molar-refractivity contribution is 7.14. The first-order valence-corrected chi connectivity index (χ1v) is 11.6. The standard InChI is InChI=1S/C23H20Cl2N4O2S/c1-3-31-19-11-7-5-9-16(19)18-13-32-23(26-18)27-22(30)20-14(2)28-29(21(20)25)12-15-8-4-6-10-17(15)24/h4-11,13H,3,12H2,1-2H3,(H,26,27,30). The summed E-state index contributed by atoms with van der Waals surface area (Å²) < 4.78 is 7.25. The summed E-state index contributed by atoms with van der Waals surface area (Å²) in [7, 11) is 0. The molecule has 0 atom stereocenters. The number of rotatable bonds is 7. The molecule has 0 saturated carbocycles. The Kier molecular flexibility index (Phi) is 6.79. The van der Waals surface area contributed by atoms with E-state index in [9.17, 15) is 4.79 Å². The lowest BCUT2D eigenvalue weighted by atomic mass is 10.1. The molecule has 4 rings (SSSR count). The predicted molar refractivity (Wildman–Crippen MR) is 129 cm³/mol. The second kappa shape index (κ2) is 9.73. The maximum absolute atomic E-state index is 13.0. The minimum absolute atomic E-state index is 0.249. The molecule has 2 heterocycles. The van der Waals surface area contributed by atoms with Crippen molar-refractivity contribution in [2.45, 2.75) is 20.4 Å². The van der Waals surface area contributed by atoms with Crippen LogP contribution in [0.15, 0.2) is 53.9 Å². The lowest BCUT2D eigenvalue weighted by Crippen LogP contribution is -2.13. The van der Waals surface area contributed by atoms with Gasteiger partial charge in [0, 0.05) is 16.0 Å². The van der Waals surface area contributed by atoms with E-state index in [4.69, 9.17) is 27.9 Å². The molecule has 1 amide bonds. The van der Waals surface area contributed by atoms with Gasteiger partial charge in [-0.2, -0.15) is 5.10 Å². The van der Waals surface area contributed by atoms with Crippen molar-refractivity contribution >= 4 is 45.6 Å². The quantitative estimate of drug-likeness (QED) is 0.331. The van der Waals surface area contributed by atoms with Crippen LogP contribution in [0, 0.1) is 6.92 Å². The van der Waals surface area contributed by atoms with Crippen molar-refractivity contribution in [3.05, 3.63) is 80.9 Å². The van der Waals surface area contributed by atoms with Gasteiger partial charge in [-0.3, -0.25) is 10.1 Å². The van der Waals surface area contributed by atoms with Crippen LogP contribution in [0.4, 0.5) is 5.13 Å². The molecule has 6 nitrogen and oxygen atoms in total. The topological polar surface area (TPSA) is 69.0 Å². The van der Waals surface area contributed by atoms with Crippen LogP contribution >= 0.6 is 34.5 Å². The van der Waals surface area contributed by atoms with Crippen LogP contribution in [0.1, 0.15) is 28.5 Å². The molecule has 0 radical (unpaired) electrons. The van der Waals surface area contributed by atoms with Gasteiger partial charge in [0.15, 0.2) is 5.13 Å². The van der Waals surface area contributed by atoms with E-state index in [-0.39, 0.29) is 11.1 Å². The Morgan fingerprint density at radius 3 is 2.69 bits per heavy atom. The monoisotopic (exact) mass is 486 g/mol. The number of benzene rings is 2. The molecule has 32 heavy (non-hydrogen) atoms.